The predicted molar refractivity (Wildman–Crippen MR) is 87.6 cm³/mol. The lowest BCUT2D eigenvalue weighted by molar-refractivity contribution is 0.0523. The number of ether oxygens (including phenoxy) is 1. The van der Waals surface area contributed by atoms with Crippen molar-refractivity contribution < 1.29 is 9.53 Å². The fourth-order valence-corrected chi connectivity index (χ4v) is 2.67. The summed E-state index contributed by atoms with van der Waals surface area (Å²) in [4.78, 5) is 31.0. The van der Waals surface area contributed by atoms with Crippen molar-refractivity contribution >= 4 is 5.97 Å². The van der Waals surface area contributed by atoms with E-state index in [1.807, 2.05) is 12.1 Å². The van der Waals surface area contributed by atoms with Crippen LogP contribution in [0.1, 0.15) is 48.3 Å². The van der Waals surface area contributed by atoms with Gasteiger partial charge in [0, 0.05) is 5.56 Å². The van der Waals surface area contributed by atoms with Gasteiger partial charge in [0.2, 0.25) is 0 Å². The van der Waals surface area contributed by atoms with Gasteiger partial charge in [-0.1, -0.05) is 31.2 Å². The zero-order valence-electron chi connectivity index (χ0n) is 13.6. The number of benzene rings is 1. The van der Waals surface area contributed by atoms with Gasteiger partial charge in [-0.05, 0) is 37.7 Å². The summed E-state index contributed by atoms with van der Waals surface area (Å²) in [7, 11) is 0. The van der Waals surface area contributed by atoms with Gasteiger partial charge in [0.15, 0.2) is 0 Å². The van der Waals surface area contributed by atoms with E-state index in [0.29, 0.717) is 16.9 Å². The average Bonchev–Trinajstić information content (AvgIpc) is 3.26. The highest BCUT2D eigenvalue weighted by Crippen LogP contribution is 2.47. The Hall–Kier alpha value is -2.43. The first kappa shape index (κ1) is 15.5. The Labute approximate surface area is 134 Å². The lowest BCUT2D eigenvalue weighted by Gasteiger charge is -2.10. The molecule has 3 rings (SSSR count). The fraction of sp³-hybridized carbons (Fsp3) is 0.389. The van der Waals surface area contributed by atoms with Gasteiger partial charge in [0.25, 0.3) is 5.56 Å². The Morgan fingerprint density at radius 3 is 2.48 bits per heavy atom. The normalized spacial score (nSPS) is 15.3. The number of esters is 1. The van der Waals surface area contributed by atoms with E-state index in [0.717, 1.165) is 5.56 Å². The smallest absolute Gasteiger partial charge is 0.345 e. The van der Waals surface area contributed by atoms with Crippen LogP contribution < -0.4 is 5.56 Å². The van der Waals surface area contributed by atoms with Crippen molar-refractivity contribution in [1.29, 1.82) is 0 Å². The molecule has 0 radical (unpaired) electrons. The Bertz CT molecular complexity index is 802. The van der Waals surface area contributed by atoms with Crippen molar-refractivity contribution in [2.75, 3.05) is 6.61 Å². The molecule has 0 aliphatic heterocycles. The van der Waals surface area contributed by atoms with Crippen LogP contribution in [0.15, 0.2) is 29.1 Å². The fourth-order valence-electron chi connectivity index (χ4n) is 2.67. The molecule has 5 heteroatoms. The van der Waals surface area contributed by atoms with E-state index in [2.05, 4.69) is 29.0 Å². The van der Waals surface area contributed by atoms with Gasteiger partial charge in [0.05, 0.1) is 12.3 Å². The average molecular weight is 312 g/mol. The topological polar surface area (TPSA) is 72.0 Å². The number of carbonyl (C=O) groups is 1. The van der Waals surface area contributed by atoms with Gasteiger partial charge >= 0.3 is 5.97 Å². The molecular weight excluding hydrogens is 292 g/mol. The first-order chi connectivity index (χ1) is 10.9. The Morgan fingerprint density at radius 2 is 1.96 bits per heavy atom. The van der Waals surface area contributed by atoms with Crippen LogP contribution in [0.3, 0.4) is 0 Å². The van der Waals surface area contributed by atoms with Crippen LogP contribution in [0.25, 0.3) is 11.4 Å². The highest BCUT2D eigenvalue weighted by atomic mass is 16.5. The maximum Gasteiger partial charge on any atom is 0.345 e. The van der Waals surface area contributed by atoms with Gasteiger partial charge in [0.1, 0.15) is 11.4 Å². The second-order valence-electron chi connectivity index (χ2n) is 6.23. The quantitative estimate of drug-likeness (QED) is 0.881. The molecule has 1 heterocycles. The SMILES string of the molecule is CCOC(=O)c1c(C)nc(-c2ccc(C3(C)CC3)cc2)[nH]c1=O. The summed E-state index contributed by atoms with van der Waals surface area (Å²) in [5.41, 5.74) is 2.32. The number of aromatic amines is 1. The second-order valence-corrected chi connectivity index (χ2v) is 6.23. The molecule has 0 amide bonds. The molecule has 1 aliphatic carbocycles. The summed E-state index contributed by atoms with van der Waals surface area (Å²) >= 11 is 0. The molecule has 0 atom stereocenters. The van der Waals surface area contributed by atoms with Gasteiger partial charge in [-0.15, -0.1) is 0 Å². The van der Waals surface area contributed by atoms with Crippen molar-refractivity contribution in [1.82, 2.24) is 9.97 Å². The molecule has 1 aromatic carbocycles. The first-order valence-electron chi connectivity index (χ1n) is 7.83. The molecule has 2 aromatic rings. The van der Waals surface area contributed by atoms with Crippen LogP contribution in [0.5, 0.6) is 0 Å². The van der Waals surface area contributed by atoms with Crippen molar-refractivity contribution in [2.45, 2.75) is 39.0 Å². The number of carbonyl (C=O) groups excluding carboxylic acids is 1. The third-order valence-corrected chi connectivity index (χ3v) is 4.44. The highest BCUT2D eigenvalue weighted by molar-refractivity contribution is 5.90. The number of nitrogens with zero attached hydrogens (tertiary/aromatic N) is 1. The number of nitrogens with one attached hydrogen (secondary N) is 1. The van der Waals surface area contributed by atoms with Gasteiger partial charge < -0.3 is 9.72 Å². The first-order valence-corrected chi connectivity index (χ1v) is 7.83. The summed E-state index contributed by atoms with van der Waals surface area (Å²) in [6.45, 7) is 5.82. The maximum atomic E-state index is 12.2. The minimum atomic E-state index is -0.637. The predicted octanol–water partition coefficient (Wildman–Crippen LogP) is 2.97. The maximum absolute atomic E-state index is 12.2. The van der Waals surface area contributed by atoms with Crippen molar-refractivity contribution in [3.63, 3.8) is 0 Å². The van der Waals surface area contributed by atoms with Crippen LogP contribution in [0, 0.1) is 6.92 Å². The molecular formula is C18H20N2O3. The van der Waals surface area contributed by atoms with Gasteiger partial charge in [-0.3, -0.25) is 4.79 Å². The molecule has 0 saturated heterocycles. The third-order valence-electron chi connectivity index (χ3n) is 4.44. The van der Waals surface area contributed by atoms with E-state index in [1.54, 1.807) is 13.8 Å². The van der Waals surface area contributed by atoms with Gasteiger partial charge in [-0.2, -0.15) is 0 Å². The molecule has 1 N–H and O–H groups in total. The molecule has 1 aromatic heterocycles. The van der Waals surface area contributed by atoms with Crippen molar-refractivity contribution in [3.05, 3.63) is 51.4 Å². The molecule has 23 heavy (non-hydrogen) atoms. The lowest BCUT2D eigenvalue weighted by atomic mass is 9.97. The summed E-state index contributed by atoms with van der Waals surface area (Å²) in [6.07, 6.45) is 2.43. The number of H-pyrrole nitrogens is 1. The Balaban J connectivity index is 1.95. The molecule has 1 fully saturated rings. The number of aryl methyl sites for hydroxylation is 1. The van der Waals surface area contributed by atoms with Crippen LogP contribution in [0.4, 0.5) is 0 Å². The van der Waals surface area contributed by atoms with Crippen molar-refractivity contribution in [2.24, 2.45) is 0 Å². The van der Waals surface area contributed by atoms with Crippen LogP contribution in [0.2, 0.25) is 0 Å². The molecule has 0 unspecified atom stereocenters. The lowest BCUT2D eigenvalue weighted by Crippen LogP contribution is -2.23. The number of hydrogen-bond donors (Lipinski definition) is 1. The standard InChI is InChI=1S/C18H20N2O3/c1-4-23-17(22)14-11(2)19-15(20-16(14)21)12-5-7-13(8-6-12)18(3)9-10-18/h5-8H,4,9-10H2,1-3H3,(H,19,20,21). The summed E-state index contributed by atoms with van der Waals surface area (Å²) < 4.78 is 4.90. The zero-order chi connectivity index (χ0) is 16.6. The molecule has 0 spiro atoms. The minimum absolute atomic E-state index is 0.0299. The summed E-state index contributed by atoms with van der Waals surface area (Å²) in [6, 6.07) is 8.08. The van der Waals surface area contributed by atoms with E-state index in [4.69, 9.17) is 4.74 Å². The number of rotatable bonds is 4. The second kappa shape index (κ2) is 5.65. The Kier molecular flexibility index (Phi) is 3.80. The van der Waals surface area contributed by atoms with E-state index >= 15 is 0 Å². The van der Waals surface area contributed by atoms with Crippen LogP contribution in [-0.2, 0) is 10.2 Å². The van der Waals surface area contributed by atoms with Crippen LogP contribution >= 0.6 is 0 Å². The van der Waals surface area contributed by atoms with E-state index in [-0.39, 0.29) is 12.2 Å². The number of aromatic nitrogens is 2. The molecule has 0 bridgehead atoms. The Morgan fingerprint density at radius 1 is 1.30 bits per heavy atom. The van der Waals surface area contributed by atoms with E-state index in [1.165, 1.54) is 18.4 Å². The minimum Gasteiger partial charge on any atom is -0.462 e. The third kappa shape index (κ3) is 2.91. The zero-order valence-corrected chi connectivity index (χ0v) is 13.6. The van der Waals surface area contributed by atoms with Crippen molar-refractivity contribution in [3.8, 4) is 11.4 Å². The van der Waals surface area contributed by atoms with E-state index in [9.17, 15) is 9.59 Å². The van der Waals surface area contributed by atoms with Gasteiger partial charge in [-0.25, -0.2) is 9.78 Å². The molecule has 5 nitrogen and oxygen atoms in total. The monoisotopic (exact) mass is 312 g/mol. The highest BCUT2D eigenvalue weighted by Gasteiger charge is 2.38. The summed E-state index contributed by atoms with van der Waals surface area (Å²) in [5.74, 6) is -0.171. The molecule has 120 valence electrons. The largest absolute Gasteiger partial charge is 0.462 e. The molecule has 1 aliphatic rings. The van der Waals surface area contributed by atoms with Crippen LogP contribution in [-0.4, -0.2) is 22.5 Å². The summed E-state index contributed by atoms with van der Waals surface area (Å²) in [5, 5.41) is 0. The molecule has 1 saturated carbocycles. The number of hydrogen-bond acceptors (Lipinski definition) is 4. The van der Waals surface area contributed by atoms with E-state index < -0.39 is 11.5 Å².